The van der Waals surface area contributed by atoms with Gasteiger partial charge in [-0.05, 0) is 69.9 Å². The third-order valence-corrected chi connectivity index (χ3v) is 6.97. The highest BCUT2D eigenvalue weighted by molar-refractivity contribution is 5.99. The van der Waals surface area contributed by atoms with Gasteiger partial charge < -0.3 is 15.1 Å². The van der Waals surface area contributed by atoms with Crippen LogP contribution in [0.1, 0.15) is 84.9 Å². The Labute approximate surface area is 200 Å². The Morgan fingerprint density at radius 2 is 1.74 bits per heavy atom. The molecule has 0 spiro atoms. The van der Waals surface area contributed by atoms with E-state index in [1.807, 2.05) is 57.7 Å². The van der Waals surface area contributed by atoms with Crippen LogP contribution >= 0.6 is 0 Å². The van der Waals surface area contributed by atoms with Gasteiger partial charge in [-0.2, -0.15) is 0 Å². The molecule has 0 aliphatic carbocycles. The molecule has 1 unspecified atom stereocenters. The van der Waals surface area contributed by atoms with E-state index in [1.165, 1.54) is 6.07 Å². The fourth-order valence-corrected chi connectivity index (χ4v) is 4.82. The third kappa shape index (κ3) is 4.31. The van der Waals surface area contributed by atoms with Gasteiger partial charge in [0.25, 0.3) is 11.8 Å². The second kappa shape index (κ2) is 8.85. The largest absolute Gasteiger partial charge is 0.347 e. The van der Waals surface area contributed by atoms with Gasteiger partial charge in [0, 0.05) is 37.2 Å². The van der Waals surface area contributed by atoms with E-state index in [9.17, 15) is 18.8 Å². The summed E-state index contributed by atoms with van der Waals surface area (Å²) in [5, 5.41) is 3.09. The van der Waals surface area contributed by atoms with Gasteiger partial charge in [0.2, 0.25) is 5.91 Å². The quantitative estimate of drug-likeness (QED) is 0.660. The molecule has 1 N–H and O–H groups in total. The van der Waals surface area contributed by atoms with Crippen LogP contribution in [0.15, 0.2) is 36.4 Å². The summed E-state index contributed by atoms with van der Waals surface area (Å²) in [7, 11) is 0. The predicted octanol–water partition coefficient (Wildman–Crippen LogP) is 4.37. The maximum Gasteiger partial charge on any atom is 0.257 e. The lowest BCUT2D eigenvalue weighted by atomic mass is 9.91. The van der Waals surface area contributed by atoms with Crippen LogP contribution in [0.2, 0.25) is 0 Å². The van der Waals surface area contributed by atoms with Crippen LogP contribution in [0, 0.1) is 5.82 Å². The fourth-order valence-electron chi connectivity index (χ4n) is 4.82. The molecule has 4 rings (SSSR count). The van der Waals surface area contributed by atoms with Crippen molar-refractivity contribution in [2.45, 2.75) is 78.2 Å². The molecule has 0 saturated heterocycles. The standard InChI is InChI=1S/C27H32FN3O3/c1-16(2)30-15-19-13-20(10-11-21(19)25(30)33)27(4,5)29-23(32)12-9-17(3)31-14-18-7-6-8-22(28)24(18)26(31)34/h6-8,10-11,13,16-17H,9,12,14-15H2,1-5H3,(H,29,32). The molecule has 0 aromatic heterocycles. The van der Waals surface area contributed by atoms with Crippen molar-refractivity contribution >= 4 is 17.7 Å². The Balaban J connectivity index is 1.36. The first-order valence-corrected chi connectivity index (χ1v) is 11.8. The van der Waals surface area contributed by atoms with Crippen molar-refractivity contribution in [3.8, 4) is 0 Å². The maximum atomic E-state index is 14.1. The molecule has 6 nitrogen and oxygen atoms in total. The molecule has 7 heteroatoms. The monoisotopic (exact) mass is 465 g/mol. The average Bonchev–Trinajstić information content (AvgIpc) is 3.29. The summed E-state index contributed by atoms with van der Waals surface area (Å²) in [5.74, 6) is -0.882. The van der Waals surface area contributed by atoms with Crippen molar-refractivity contribution in [2.24, 2.45) is 0 Å². The van der Waals surface area contributed by atoms with Gasteiger partial charge in [-0.25, -0.2) is 4.39 Å². The van der Waals surface area contributed by atoms with Gasteiger partial charge in [-0.3, -0.25) is 14.4 Å². The SMILES string of the molecule is CC(C)N1Cc2cc(C(C)(C)NC(=O)CCC(C)N3Cc4cccc(F)c4C3=O)ccc2C1=O. The summed E-state index contributed by atoms with van der Waals surface area (Å²) in [5.41, 5.74) is 2.85. The first-order valence-electron chi connectivity index (χ1n) is 11.8. The Bertz CT molecular complexity index is 1160. The van der Waals surface area contributed by atoms with Crippen LogP contribution in [0.5, 0.6) is 0 Å². The summed E-state index contributed by atoms with van der Waals surface area (Å²) in [4.78, 5) is 41.5. The second-order valence-corrected chi connectivity index (χ2v) is 10.2. The average molecular weight is 466 g/mol. The van der Waals surface area contributed by atoms with E-state index >= 15 is 0 Å². The van der Waals surface area contributed by atoms with Crippen LogP contribution < -0.4 is 5.32 Å². The molecule has 0 saturated carbocycles. The van der Waals surface area contributed by atoms with Gasteiger partial charge in [-0.1, -0.05) is 24.3 Å². The number of hydrogen-bond donors (Lipinski definition) is 1. The predicted molar refractivity (Wildman–Crippen MR) is 128 cm³/mol. The number of hydrogen-bond acceptors (Lipinski definition) is 3. The molecule has 0 bridgehead atoms. The summed E-state index contributed by atoms with van der Waals surface area (Å²) in [6.07, 6.45) is 0.725. The fraction of sp³-hybridized carbons (Fsp3) is 0.444. The van der Waals surface area contributed by atoms with Crippen LogP contribution in [0.25, 0.3) is 0 Å². The number of carbonyl (C=O) groups is 3. The van der Waals surface area contributed by atoms with Crippen LogP contribution in [0.3, 0.4) is 0 Å². The summed E-state index contributed by atoms with van der Waals surface area (Å²) in [6.45, 7) is 10.7. The molecule has 2 heterocycles. The van der Waals surface area contributed by atoms with Gasteiger partial charge in [0.1, 0.15) is 5.82 Å². The maximum absolute atomic E-state index is 14.1. The molecular weight excluding hydrogens is 433 g/mol. The summed E-state index contributed by atoms with van der Waals surface area (Å²) in [6, 6.07) is 10.4. The number of nitrogens with zero attached hydrogens (tertiary/aromatic N) is 2. The lowest BCUT2D eigenvalue weighted by molar-refractivity contribution is -0.123. The number of benzene rings is 2. The molecule has 0 fully saturated rings. The highest BCUT2D eigenvalue weighted by Crippen LogP contribution is 2.30. The van der Waals surface area contributed by atoms with Gasteiger partial charge in [0.05, 0.1) is 11.1 Å². The molecule has 2 aromatic carbocycles. The Kier molecular flexibility index (Phi) is 6.23. The summed E-state index contributed by atoms with van der Waals surface area (Å²) < 4.78 is 14.1. The Morgan fingerprint density at radius 3 is 2.41 bits per heavy atom. The minimum Gasteiger partial charge on any atom is -0.347 e. The van der Waals surface area contributed by atoms with Crippen molar-refractivity contribution in [3.05, 3.63) is 70.0 Å². The number of carbonyl (C=O) groups excluding carboxylic acids is 3. The van der Waals surface area contributed by atoms with Crippen LogP contribution in [0.4, 0.5) is 4.39 Å². The van der Waals surface area contributed by atoms with E-state index in [0.29, 0.717) is 25.1 Å². The lowest BCUT2D eigenvalue weighted by Crippen LogP contribution is -2.42. The number of halogens is 1. The van der Waals surface area contributed by atoms with Crippen molar-refractivity contribution in [2.75, 3.05) is 0 Å². The lowest BCUT2D eigenvalue weighted by Gasteiger charge is -2.29. The van der Waals surface area contributed by atoms with E-state index in [1.54, 1.807) is 17.0 Å². The van der Waals surface area contributed by atoms with Crippen LogP contribution in [-0.2, 0) is 23.4 Å². The van der Waals surface area contributed by atoms with Gasteiger partial charge >= 0.3 is 0 Å². The summed E-state index contributed by atoms with van der Waals surface area (Å²) >= 11 is 0. The third-order valence-electron chi connectivity index (χ3n) is 6.97. The minimum absolute atomic E-state index is 0.0471. The van der Waals surface area contributed by atoms with E-state index in [4.69, 9.17) is 0 Å². The number of fused-ring (bicyclic) bond motifs is 2. The molecule has 2 aliphatic heterocycles. The molecule has 0 radical (unpaired) electrons. The van der Waals surface area contributed by atoms with E-state index < -0.39 is 11.4 Å². The van der Waals surface area contributed by atoms with Crippen LogP contribution in [-0.4, -0.2) is 39.6 Å². The smallest absolute Gasteiger partial charge is 0.257 e. The van der Waals surface area contributed by atoms with Crippen molar-refractivity contribution in [1.82, 2.24) is 15.1 Å². The van der Waals surface area contributed by atoms with Gasteiger partial charge in [0.15, 0.2) is 0 Å². The van der Waals surface area contributed by atoms with E-state index in [2.05, 4.69) is 5.32 Å². The van der Waals surface area contributed by atoms with E-state index in [0.717, 1.165) is 16.7 Å². The highest BCUT2D eigenvalue weighted by atomic mass is 19.1. The van der Waals surface area contributed by atoms with E-state index in [-0.39, 0.29) is 41.8 Å². The number of nitrogens with one attached hydrogen (secondary N) is 1. The highest BCUT2D eigenvalue weighted by Gasteiger charge is 2.34. The zero-order valence-corrected chi connectivity index (χ0v) is 20.4. The van der Waals surface area contributed by atoms with Crippen molar-refractivity contribution in [1.29, 1.82) is 0 Å². The first kappa shape index (κ1) is 23.9. The number of rotatable bonds is 7. The zero-order valence-electron chi connectivity index (χ0n) is 20.4. The molecular formula is C27H32FN3O3. The first-order chi connectivity index (χ1) is 16.0. The second-order valence-electron chi connectivity index (χ2n) is 10.2. The normalized spacial score (nSPS) is 16.2. The molecule has 2 aromatic rings. The van der Waals surface area contributed by atoms with Crippen molar-refractivity contribution in [3.63, 3.8) is 0 Å². The molecule has 180 valence electrons. The van der Waals surface area contributed by atoms with Gasteiger partial charge in [-0.15, -0.1) is 0 Å². The Hall–Kier alpha value is -3.22. The molecule has 3 amide bonds. The number of amides is 3. The zero-order chi connectivity index (χ0) is 24.8. The Morgan fingerprint density at radius 1 is 1.03 bits per heavy atom. The topological polar surface area (TPSA) is 69.7 Å². The molecule has 34 heavy (non-hydrogen) atoms. The molecule has 1 atom stereocenters. The minimum atomic E-state index is -0.619. The van der Waals surface area contributed by atoms with Crippen molar-refractivity contribution < 1.29 is 18.8 Å². The molecule has 2 aliphatic rings.